The molecule has 0 aliphatic heterocycles. The zero-order chi connectivity index (χ0) is 64.7. The van der Waals surface area contributed by atoms with Crippen molar-refractivity contribution < 1.29 is 42.9 Å². The van der Waals surface area contributed by atoms with Gasteiger partial charge in [-0.15, -0.1) is 0 Å². The summed E-state index contributed by atoms with van der Waals surface area (Å²) < 4.78 is 23.0. The average Bonchev–Trinajstić information content (AvgIpc) is 3.64. The highest BCUT2D eigenvalue weighted by molar-refractivity contribution is 5.71. The van der Waals surface area contributed by atoms with Crippen LogP contribution in [0.25, 0.3) is 0 Å². The van der Waals surface area contributed by atoms with E-state index < -0.39 is 18.4 Å². The third-order valence-electron chi connectivity index (χ3n) is 17.3. The molecule has 0 aliphatic carbocycles. The fourth-order valence-corrected chi connectivity index (χ4v) is 11.4. The van der Waals surface area contributed by atoms with Crippen LogP contribution >= 0.6 is 0 Å². The van der Waals surface area contributed by atoms with Gasteiger partial charge in [0.05, 0.1) is 34.4 Å². The minimum Gasteiger partial charge on any atom is -0.477 e. The van der Waals surface area contributed by atoms with E-state index in [1.54, 1.807) is 0 Å². The number of nitrogens with zero attached hydrogens (tertiary/aromatic N) is 1. The monoisotopic (exact) mass is 1250 g/mol. The lowest BCUT2D eigenvalue weighted by Gasteiger charge is -2.25. The first-order valence-corrected chi connectivity index (χ1v) is 38.5. The molecule has 89 heavy (non-hydrogen) atoms. The molecule has 9 nitrogen and oxygen atoms in total. The van der Waals surface area contributed by atoms with E-state index in [9.17, 15) is 19.5 Å². The summed E-state index contributed by atoms with van der Waals surface area (Å²) in [7, 11) is 5.99. The van der Waals surface area contributed by atoms with Gasteiger partial charge in [-0.25, -0.2) is 4.79 Å². The van der Waals surface area contributed by atoms with Gasteiger partial charge in [0.1, 0.15) is 13.2 Å². The standard InChI is InChI=1S/C80H147NO8/c1-6-8-10-12-14-16-18-20-22-24-26-28-30-32-34-36-38-39-41-43-45-47-49-51-53-55-57-59-61-63-65-67-69-71-78(83)89-76(75-88-80(79(84)85)86-73-72-81(3,4)5)74-87-77(82)70-68-66-64-62-60-58-56-54-52-50-48-46-44-42-40-37-35-33-31-29-27-25-23-21-19-17-15-13-11-9-7-2/h8,10,14,16,20,22,25-28,76,80H,6-7,9,11-13,15,17-19,21,23-24,29-75H2,1-5H3/p+1/b10-8-,16-14-,22-20-,27-25-,28-26-. The number of likely N-dealkylation sites (N-methyl/N-ethyl adjacent to an activating group) is 1. The lowest BCUT2D eigenvalue weighted by atomic mass is 10.0. The number of carbonyl (C=O) groups is 3. The first kappa shape index (κ1) is 86.0. The van der Waals surface area contributed by atoms with E-state index in [1.807, 2.05) is 21.1 Å². The predicted octanol–water partition coefficient (Wildman–Crippen LogP) is 24.3. The summed E-state index contributed by atoms with van der Waals surface area (Å²) in [6.07, 6.45) is 90.8. The maximum Gasteiger partial charge on any atom is 0.361 e. The van der Waals surface area contributed by atoms with Gasteiger partial charge >= 0.3 is 17.9 Å². The van der Waals surface area contributed by atoms with Crippen molar-refractivity contribution in [1.29, 1.82) is 0 Å². The van der Waals surface area contributed by atoms with Crippen LogP contribution in [0, 0.1) is 0 Å². The predicted molar refractivity (Wildman–Crippen MR) is 383 cm³/mol. The molecule has 0 aromatic rings. The molecule has 0 saturated heterocycles. The van der Waals surface area contributed by atoms with E-state index >= 15 is 0 Å². The van der Waals surface area contributed by atoms with Crippen molar-refractivity contribution in [1.82, 2.24) is 0 Å². The summed E-state index contributed by atoms with van der Waals surface area (Å²) in [6.45, 7) is 4.83. The smallest absolute Gasteiger partial charge is 0.361 e. The Labute approximate surface area is 552 Å². The molecule has 1 N–H and O–H groups in total. The van der Waals surface area contributed by atoms with Crippen molar-refractivity contribution in [3.63, 3.8) is 0 Å². The number of carbonyl (C=O) groups excluding carboxylic acids is 2. The Morgan fingerprint density at radius 1 is 0.348 bits per heavy atom. The van der Waals surface area contributed by atoms with E-state index in [4.69, 9.17) is 18.9 Å². The van der Waals surface area contributed by atoms with E-state index in [0.29, 0.717) is 17.4 Å². The van der Waals surface area contributed by atoms with Gasteiger partial charge in [-0.05, 0) is 77.0 Å². The highest BCUT2D eigenvalue weighted by atomic mass is 16.7. The minimum absolute atomic E-state index is 0.177. The third-order valence-corrected chi connectivity index (χ3v) is 17.3. The summed E-state index contributed by atoms with van der Waals surface area (Å²) in [6, 6.07) is 0. The Bertz CT molecular complexity index is 1650. The molecule has 2 atom stereocenters. The SMILES string of the molecule is CC/C=C\C/C=C\C/C=C\C/C=C\CCCCCCCCCCCCCCCCCCCCCCC(=O)OC(COC(=O)CCCCCCCCCCCCCCCCCCCCC/C=C\CCCCCCCCCC)COC(OCC[N+](C)(C)C)C(=O)O. The van der Waals surface area contributed by atoms with Crippen LogP contribution in [0.15, 0.2) is 60.8 Å². The van der Waals surface area contributed by atoms with Crippen molar-refractivity contribution in [2.75, 3.05) is 47.5 Å². The van der Waals surface area contributed by atoms with Crippen LogP contribution in [0.1, 0.15) is 373 Å². The summed E-state index contributed by atoms with van der Waals surface area (Å²) in [4.78, 5) is 37.7. The van der Waals surface area contributed by atoms with Crippen molar-refractivity contribution >= 4 is 17.9 Å². The molecule has 0 rings (SSSR count). The molecular weight excluding hydrogens is 1100 g/mol. The topological polar surface area (TPSA) is 108 Å². The number of carboxylic acid groups (broad SMARTS) is 1. The molecule has 0 bridgehead atoms. The Balaban J connectivity index is 4.01. The Hall–Kier alpha value is -3.01. The molecule has 520 valence electrons. The molecule has 0 saturated carbocycles. The van der Waals surface area contributed by atoms with Crippen LogP contribution in [-0.4, -0.2) is 87.4 Å². The van der Waals surface area contributed by atoms with E-state index in [1.165, 1.54) is 283 Å². The van der Waals surface area contributed by atoms with E-state index in [2.05, 4.69) is 74.6 Å². The van der Waals surface area contributed by atoms with Gasteiger partial charge in [-0.2, -0.15) is 0 Å². The summed E-state index contributed by atoms with van der Waals surface area (Å²) >= 11 is 0. The Morgan fingerprint density at radius 2 is 0.640 bits per heavy atom. The van der Waals surface area contributed by atoms with Gasteiger partial charge in [-0.3, -0.25) is 9.59 Å². The molecular formula is C80H148NO8+. The number of quaternary nitrogens is 1. The van der Waals surface area contributed by atoms with Gasteiger partial charge in [0.2, 0.25) is 0 Å². The molecule has 0 heterocycles. The molecule has 0 amide bonds. The zero-order valence-electron chi connectivity index (χ0n) is 59.6. The largest absolute Gasteiger partial charge is 0.477 e. The number of hydrogen-bond donors (Lipinski definition) is 1. The van der Waals surface area contributed by atoms with Crippen LogP contribution in [0.5, 0.6) is 0 Å². The number of unbranched alkanes of at least 4 members (excludes halogenated alkanes) is 47. The normalized spacial score (nSPS) is 13.0. The average molecular weight is 1250 g/mol. The second-order valence-corrected chi connectivity index (χ2v) is 27.3. The first-order valence-electron chi connectivity index (χ1n) is 38.5. The maximum absolute atomic E-state index is 13.0. The lowest BCUT2D eigenvalue weighted by Crippen LogP contribution is -2.40. The molecule has 2 unspecified atom stereocenters. The molecule has 0 aliphatic rings. The number of ether oxygens (including phenoxy) is 4. The second kappa shape index (κ2) is 70.9. The van der Waals surface area contributed by atoms with Crippen LogP contribution < -0.4 is 0 Å². The van der Waals surface area contributed by atoms with Crippen LogP contribution in [0.2, 0.25) is 0 Å². The van der Waals surface area contributed by atoms with Gasteiger partial charge in [0, 0.05) is 12.8 Å². The van der Waals surface area contributed by atoms with Crippen molar-refractivity contribution in [3.8, 4) is 0 Å². The van der Waals surface area contributed by atoms with Crippen molar-refractivity contribution in [2.24, 2.45) is 0 Å². The number of esters is 2. The second-order valence-electron chi connectivity index (χ2n) is 27.3. The fourth-order valence-electron chi connectivity index (χ4n) is 11.4. The zero-order valence-corrected chi connectivity index (χ0v) is 59.6. The van der Waals surface area contributed by atoms with Gasteiger partial charge in [0.25, 0.3) is 6.29 Å². The third kappa shape index (κ3) is 72.3. The summed E-state index contributed by atoms with van der Waals surface area (Å²) in [5.74, 6) is -1.98. The Morgan fingerprint density at radius 3 is 0.966 bits per heavy atom. The number of allylic oxidation sites excluding steroid dienone is 10. The number of hydrogen-bond acceptors (Lipinski definition) is 7. The van der Waals surface area contributed by atoms with Gasteiger partial charge in [-0.1, -0.05) is 344 Å². The molecule has 9 heteroatoms. The maximum atomic E-state index is 13.0. The van der Waals surface area contributed by atoms with Crippen LogP contribution in [-0.2, 0) is 33.3 Å². The molecule has 0 fully saturated rings. The molecule has 0 radical (unpaired) electrons. The summed E-state index contributed by atoms with van der Waals surface area (Å²) in [5, 5.41) is 9.77. The van der Waals surface area contributed by atoms with Crippen molar-refractivity contribution in [3.05, 3.63) is 60.8 Å². The number of aliphatic carboxylic acids is 1. The van der Waals surface area contributed by atoms with E-state index in [0.717, 1.165) is 64.2 Å². The fraction of sp³-hybridized carbons (Fsp3) is 0.838. The molecule has 0 aromatic carbocycles. The highest BCUT2D eigenvalue weighted by Crippen LogP contribution is 2.19. The van der Waals surface area contributed by atoms with Crippen molar-refractivity contribution in [2.45, 2.75) is 386 Å². The molecule has 0 aromatic heterocycles. The summed E-state index contributed by atoms with van der Waals surface area (Å²) in [5.41, 5.74) is 0. The molecule has 0 spiro atoms. The minimum atomic E-state index is -1.51. The van der Waals surface area contributed by atoms with Gasteiger partial charge < -0.3 is 28.5 Å². The van der Waals surface area contributed by atoms with Crippen LogP contribution in [0.4, 0.5) is 0 Å². The van der Waals surface area contributed by atoms with Crippen LogP contribution in [0.3, 0.4) is 0 Å². The number of carboxylic acids is 1. The number of rotatable bonds is 72. The lowest BCUT2D eigenvalue weighted by molar-refractivity contribution is -0.870. The first-order chi connectivity index (χ1) is 43.6. The van der Waals surface area contributed by atoms with E-state index in [-0.39, 0.29) is 38.2 Å². The van der Waals surface area contributed by atoms with Gasteiger partial charge in [0.15, 0.2) is 6.10 Å². The highest BCUT2D eigenvalue weighted by Gasteiger charge is 2.25. The quantitative estimate of drug-likeness (QED) is 0.0211. The Kier molecular flexibility index (Phi) is 68.5.